The van der Waals surface area contributed by atoms with Gasteiger partial charge in [0.2, 0.25) is 0 Å². The van der Waals surface area contributed by atoms with E-state index in [-0.39, 0.29) is 17.5 Å². The van der Waals surface area contributed by atoms with Crippen LogP contribution in [-0.4, -0.2) is 18.4 Å². The molecule has 0 aliphatic heterocycles. The summed E-state index contributed by atoms with van der Waals surface area (Å²) in [6.45, 7) is 12.9. The van der Waals surface area contributed by atoms with Gasteiger partial charge in [-0.05, 0) is 93.9 Å². The summed E-state index contributed by atoms with van der Waals surface area (Å²) in [5.41, 5.74) is 4.53. The number of unbranched alkanes of at least 4 members (excludes halogenated alkanes) is 11. The lowest BCUT2D eigenvalue weighted by Gasteiger charge is -2.37. The average Bonchev–Trinajstić information content (AvgIpc) is 2.92. The van der Waals surface area contributed by atoms with Crippen LogP contribution < -0.4 is 0 Å². The van der Waals surface area contributed by atoms with Gasteiger partial charge in [0.05, 0.1) is 0 Å². The molecule has 0 fully saturated rings. The average molecular weight is 565 g/mol. The molecule has 1 atom stereocenters. The van der Waals surface area contributed by atoms with E-state index in [0.29, 0.717) is 6.42 Å². The summed E-state index contributed by atoms with van der Waals surface area (Å²) in [4.78, 5) is 23.2. The molecule has 0 saturated carbocycles. The van der Waals surface area contributed by atoms with Gasteiger partial charge in [-0.15, -0.1) is 0 Å². The molecular formula is C38H60O3. The molecule has 0 aromatic carbocycles. The van der Waals surface area contributed by atoms with Crippen molar-refractivity contribution in [3.63, 3.8) is 0 Å². The van der Waals surface area contributed by atoms with Crippen LogP contribution in [0.25, 0.3) is 0 Å². The highest BCUT2D eigenvalue weighted by atomic mass is 16.5. The molecule has 0 spiro atoms. The fourth-order valence-corrected chi connectivity index (χ4v) is 5.40. The molecule has 0 bridgehead atoms. The summed E-state index contributed by atoms with van der Waals surface area (Å²) in [5, 5.41) is 0. The number of carbonyl (C=O) groups excluding carboxylic acids is 2. The Labute approximate surface area is 253 Å². The van der Waals surface area contributed by atoms with Crippen molar-refractivity contribution in [2.45, 2.75) is 150 Å². The normalized spacial score (nSPS) is 18.2. The number of esters is 1. The van der Waals surface area contributed by atoms with E-state index >= 15 is 0 Å². The molecule has 1 aliphatic rings. The van der Waals surface area contributed by atoms with Gasteiger partial charge in [0.25, 0.3) is 0 Å². The Hall–Kier alpha value is -2.42. The van der Waals surface area contributed by atoms with Crippen LogP contribution in [0.1, 0.15) is 144 Å². The molecule has 0 heterocycles. The quantitative estimate of drug-likeness (QED) is 0.0348. The fraction of sp³-hybridized carbons (Fsp3) is 0.632. The van der Waals surface area contributed by atoms with Crippen LogP contribution in [0.15, 0.2) is 70.9 Å². The van der Waals surface area contributed by atoms with Crippen LogP contribution in [0.5, 0.6) is 0 Å². The van der Waals surface area contributed by atoms with Gasteiger partial charge in [0, 0.05) is 6.42 Å². The molecule has 1 rings (SSSR count). The van der Waals surface area contributed by atoms with Crippen molar-refractivity contribution < 1.29 is 14.3 Å². The van der Waals surface area contributed by atoms with Gasteiger partial charge in [-0.2, -0.15) is 0 Å². The Morgan fingerprint density at radius 1 is 0.854 bits per heavy atom. The number of carbonyl (C=O) groups is 2. The molecule has 230 valence electrons. The van der Waals surface area contributed by atoms with E-state index in [1.165, 1.54) is 81.8 Å². The van der Waals surface area contributed by atoms with E-state index < -0.39 is 0 Å². The molecule has 3 heteroatoms. The molecule has 0 aromatic rings. The maximum absolute atomic E-state index is 12.6. The van der Waals surface area contributed by atoms with E-state index in [2.05, 4.69) is 58.9 Å². The fourth-order valence-electron chi connectivity index (χ4n) is 5.40. The first kappa shape index (κ1) is 36.6. The second-order valence-corrected chi connectivity index (χ2v) is 12.5. The van der Waals surface area contributed by atoms with Crippen molar-refractivity contribution >= 4 is 12.3 Å². The molecule has 0 radical (unpaired) electrons. The minimum Gasteiger partial charge on any atom is -0.458 e. The smallest absolute Gasteiger partial charge is 0.306 e. The van der Waals surface area contributed by atoms with Crippen LogP contribution in [0.4, 0.5) is 0 Å². The molecule has 0 saturated heterocycles. The first-order valence-electron chi connectivity index (χ1n) is 16.4. The van der Waals surface area contributed by atoms with Crippen molar-refractivity contribution in [2.24, 2.45) is 5.41 Å². The minimum atomic E-state index is -0.126. The summed E-state index contributed by atoms with van der Waals surface area (Å²) in [6.07, 6.45) is 35.9. The van der Waals surface area contributed by atoms with Gasteiger partial charge < -0.3 is 4.74 Å². The van der Waals surface area contributed by atoms with E-state index in [1.54, 1.807) is 6.08 Å². The Balaban J connectivity index is 2.38. The lowest BCUT2D eigenvalue weighted by Crippen LogP contribution is -2.30. The van der Waals surface area contributed by atoms with Crippen molar-refractivity contribution in [3.05, 3.63) is 70.9 Å². The molecule has 41 heavy (non-hydrogen) atoms. The number of rotatable bonds is 21. The third-order valence-electron chi connectivity index (χ3n) is 8.15. The van der Waals surface area contributed by atoms with E-state index in [4.69, 9.17) is 4.74 Å². The molecule has 3 nitrogen and oxygen atoms in total. The second kappa shape index (κ2) is 22.2. The van der Waals surface area contributed by atoms with Crippen LogP contribution in [0.2, 0.25) is 0 Å². The van der Waals surface area contributed by atoms with E-state index in [1.807, 2.05) is 25.2 Å². The largest absolute Gasteiger partial charge is 0.458 e. The second-order valence-electron chi connectivity index (χ2n) is 12.5. The standard InChI is InChI=1S/C38H60O3/c1-7-8-9-10-11-12-13-14-15-16-17-18-19-20-21-25-37(40)41-36-28-30-38(5,6)35(34(36)4)27-26-32(2)23-22-24-33(3)29-31-39/h14-15,22-24,26-27,29,31,36H,7-13,16-21,25,28,30H2,1-6H3/b15-14-,24-22+,27-26+,32-23+,33-29+. The summed E-state index contributed by atoms with van der Waals surface area (Å²) in [5.74, 6) is -0.0602. The van der Waals surface area contributed by atoms with Crippen LogP contribution in [0.3, 0.4) is 0 Å². The third kappa shape index (κ3) is 17.2. The summed E-state index contributed by atoms with van der Waals surface area (Å²) in [7, 11) is 0. The van der Waals surface area contributed by atoms with Crippen LogP contribution in [-0.2, 0) is 14.3 Å². The van der Waals surface area contributed by atoms with Crippen molar-refractivity contribution in [1.82, 2.24) is 0 Å². The minimum absolute atomic E-state index is 0.0479. The Morgan fingerprint density at radius 3 is 2.07 bits per heavy atom. The van der Waals surface area contributed by atoms with Crippen molar-refractivity contribution in [2.75, 3.05) is 0 Å². The predicted molar refractivity (Wildman–Crippen MR) is 177 cm³/mol. The first-order valence-corrected chi connectivity index (χ1v) is 16.4. The highest BCUT2D eigenvalue weighted by Crippen LogP contribution is 2.42. The third-order valence-corrected chi connectivity index (χ3v) is 8.15. The maximum atomic E-state index is 12.6. The van der Waals surface area contributed by atoms with Gasteiger partial charge in [0.1, 0.15) is 12.4 Å². The molecular weight excluding hydrogens is 504 g/mol. The number of hydrogen-bond donors (Lipinski definition) is 0. The van der Waals surface area contributed by atoms with E-state index in [0.717, 1.165) is 43.1 Å². The monoisotopic (exact) mass is 564 g/mol. The van der Waals surface area contributed by atoms with Gasteiger partial charge in [0.15, 0.2) is 0 Å². The number of ether oxygens (including phenoxy) is 1. The number of hydrogen-bond acceptors (Lipinski definition) is 3. The van der Waals surface area contributed by atoms with E-state index in [9.17, 15) is 9.59 Å². The zero-order chi connectivity index (χ0) is 30.3. The Kier molecular flexibility index (Phi) is 19.8. The highest BCUT2D eigenvalue weighted by molar-refractivity contribution is 5.70. The summed E-state index contributed by atoms with van der Waals surface area (Å²) < 4.78 is 5.97. The topological polar surface area (TPSA) is 43.4 Å². The lowest BCUT2D eigenvalue weighted by molar-refractivity contribution is -0.148. The molecule has 0 N–H and O–H groups in total. The van der Waals surface area contributed by atoms with Gasteiger partial charge in [-0.1, -0.05) is 120 Å². The van der Waals surface area contributed by atoms with Crippen molar-refractivity contribution in [1.29, 1.82) is 0 Å². The number of allylic oxidation sites excluding steroid dienone is 11. The SMILES string of the molecule is CCCCCCCC/C=C\CCCCCCCC(=O)OC1CCC(C)(C)C(/C=C/C(C)=C/C=C/C(C)=C/C=O)=C1C. The van der Waals surface area contributed by atoms with Gasteiger partial charge >= 0.3 is 5.97 Å². The first-order chi connectivity index (χ1) is 19.7. The highest BCUT2D eigenvalue weighted by Gasteiger charge is 2.33. The zero-order valence-electron chi connectivity index (χ0n) is 27.3. The predicted octanol–water partition coefficient (Wildman–Crippen LogP) is 11.3. The molecule has 0 aromatic heterocycles. The summed E-state index contributed by atoms with van der Waals surface area (Å²) in [6, 6.07) is 0. The molecule has 1 aliphatic carbocycles. The molecule has 0 amide bonds. The van der Waals surface area contributed by atoms with Gasteiger partial charge in [-0.3, -0.25) is 9.59 Å². The maximum Gasteiger partial charge on any atom is 0.306 e. The zero-order valence-corrected chi connectivity index (χ0v) is 27.3. The molecule has 1 unspecified atom stereocenters. The van der Waals surface area contributed by atoms with Crippen molar-refractivity contribution in [3.8, 4) is 0 Å². The Morgan fingerprint density at radius 2 is 1.44 bits per heavy atom. The van der Waals surface area contributed by atoms with Gasteiger partial charge in [-0.25, -0.2) is 0 Å². The lowest BCUT2D eigenvalue weighted by atomic mass is 9.71. The summed E-state index contributed by atoms with van der Waals surface area (Å²) >= 11 is 0. The Bertz CT molecular complexity index is 939. The number of aldehydes is 1. The van der Waals surface area contributed by atoms with Crippen LogP contribution >= 0.6 is 0 Å². The van der Waals surface area contributed by atoms with Crippen LogP contribution in [0, 0.1) is 5.41 Å².